The van der Waals surface area contributed by atoms with Gasteiger partial charge in [0.05, 0.1) is 5.92 Å². The lowest BCUT2D eigenvalue weighted by Gasteiger charge is -2.40. The van der Waals surface area contributed by atoms with Crippen LogP contribution in [0.25, 0.3) is 0 Å². The summed E-state index contributed by atoms with van der Waals surface area (Å²) in [6.45, 7) is 5.76. The van der Waals surface area contributed by atoms with Gasteiger partial charge >= 0.3 is 6.18 Å². The number of alkyl halides is 3. The van der Waals surface area contributed by atoms with Gasteiger partial charge in [-0.2, -0.15) is 13.2 Å². The lowest BCUT2D eigenvalue weighted by molar-refractivity contribution is -0.186. The summed E-state index contributed by atoms with van der Waals surface area (Å²) in [5.41, 5.74) is 0.104. The van der Waals surface area contributed by atoms with Crippen molar-refractivity contribution in [3.8, 4) is 0 Å². The van der Waals surface area contributed by atoms with E-state index in [4.69, 9.17) is 0 Å². The third kappa shape index (κ3) is 5.52. The molecule has 1 saturated carbocycles. The zero-order valence-electron chi connectivity index (χ0n) is 13.8. The second kappa shape index (κ2) is 8.06. The summed E-state index contributed by atoms with van der Waals surface area (Å²) in [5, 5.41) is 6.29. The highest BCUT2D eigenvalue weighted by Gasteiger charge is 2.43. The monoisotopic (exact) mass is 356 g/mol. The highest BCUT2D eigenvalue weighted by molar-refractivity contribution is 5.85. The van der Waals surface area contributed by atoms with Gasteiger partial charge in [-0.1, -0.05) is 20.3 Å². The maximum atomic E-state index is 12.8. The van der Waals surface area contributed by atoms with Crippen molar-refractivity contribution in [2.24, 2.45) is 17.3 Å². The number of halogens is 4. The number of rotatable bonds is 3. The van der Waals surface area contributed by atoms with Crippen LogP contribution in [0.5, 0.6) is 0 Å². The minimum Gasteiger partial charge on any atom is -0.354 e. The van der Waals surface area contributed by atoms with Crippen molar-refractivity contribution in [3.05, 3.63) is 0 Å². The molecule has 2 rings (SSSR count). The van der Waals surface area contributed by atoms with Gasteiger partial charge in [0.25, 0.3) is 0 Å². The predicted octanol–water partition coefficient (Wildman–Crippen LogP) is 3.67. The molecule has 3 unspecified atom stereocenters. The van der Waals surface area contributed by atoms with Crippen molar-refractivity contribution in [2.75, 3.05) is 13.1 Å². The first-order valence-electron chi connectivity index (χ1n) is 8.28. The van der Waals surface area contributed by atoms with E-state index in [2.05, 4.69) is 24.5 Å². The highest BCUT2D eigenvalue weighted by Crippen LogP contribution is 2.40. The van der Waals surface area contributed by atoms with Crippen LogP contribution in [0.4, 0.5) is 13.2 Å². The number of nitrogens with one attached hydrogen (secondary N) is 2. The van der Waals surface area contributed by atoms with Gasteiger partial charge < -0.3 is 10.6 Å². The zero-order valence-corrected chi connectivity index (χ0v) is 14.7. The molecule has 2 aliphatic rings. The summed E-state index contributed by atoms with van der Waals surface area (Å²) in [6, 6.07) is 0.187. The second-order valence-corrected chi connectivity index (χ2v) is 7.45. The molecule has 1 aliphatic heterocycles. The van der Waals surface area contributed by atoms with Crippen LogP contribution in [-0.4, -0.2) is 31.2 Å². The van der Waals surface area contributed by atoms with Crippen LogP contribution in [0.3, 0.4) is 0 Å². The molecule has 2 fully saturated rings. The number of carbonyl (C=O) groups is 1. The molecule has 23 heavy (non-hydrogen) atoms. The quantitative estimate of drug-likeness (QED) is 0.810. The molecule has 3 nitrogen and oxygen atoms in total. The van der Waals surface area contributed by atoms with E-state index < -0.39 is 18.0 Å². The summed E-state index contributed by atoms with van der Waals surface area (Å²) in [6.07, 6.45) is -0.810. The molecule has 1 aliphatic carbocycles. The van der Waals surface area contributed by atoms with Crippen LogP contribution in [0.15, 0.2) is 0 Å². The van der Waals surface area contributed by atoms with Gasteiger partial charge in [-0.25, -0.2) is 0 Å². The van der Waals surface area contributed by atoms with Crippen molar-refractivity contribution < 1.29 is 18.0 Å². The SMILES string of the molecule is CC1(C)CCCNC1CNC(=O)C1CCCC(C(F)(F)F)C1.Cl. The summed E-state index contributed by atoms with van der Waals surface area (Å²) in [5.74, 6) is -2.02. The Balaban J connectivity index is 0.00000264. The van der Waals surface area contributed by atoms with E-state index in [0.717, 1.165) is 19.4 Å². The van der Waals surface area contributed by atoms with Crippen LogP contribution in [0, 0.1) is 17.3 Å². The molecule has 0 aromatic heterocycles. The summed E-state index contributed by atoms with van der Waals surface area (Å²) in [7, 11) is 0. The Labute approximate surface area is 142 Å². The van der Waals surface area contributed by atoms with Crippen LogP contribution in [0.2, 0.25) is 0 Å². The Morgan fingerprint density at radius 3 is 2.57 bits per heavy atom. The van der Waals surface area contributed by atoms with Crippen LogP contribution in [0.1, 0.15) is 52.4 Å². The number of piperidine rings is 1. The first-order valence-corrected chi connectivity index (χ1v) is 8.28. The van der Waals surface area contributed by atoms with E-state index >= 15 is 0 Å². The van der Waals surface area contributed by atoms with E-state index in [-0.39, 0.29) is 42.6 Å². The van der Waals surface area contributed by atoms with Gasteiger partial charge in [-0.3, -0.25) is 4.79 Å². The molecule has 7 heteroatoms. The fourth-order valence-electron chi connectivity index (χ4n) is 3.69. The van der Waals surface area contributed by atoms with Gasteiger partial charge in [0, 0.05) is 18.5 Å². The summed E-state index contributed by atoms with van der Waals surface area (Å²) in [4.78, 5) is 12.2. The average Bonchev–Trinajstić information content (AvgIpc) is 2.44. The lowest BCUT2D eigenvalue weighted by atomic mass is 9.77. The fraction of sp³-hybridized carbons (Fsp3) is 0.938. The first kappa shape index (κ1) is 20.6. The Bertz CT molecular complexity index is 401. The van der Waals surface area contributed by atoms with E-state index in [9.17, 15) is 18.0 Å². The molecule has 0 aromatic carbocycles. The largest absolute Gasteiger partial charge is 0.391 e. The second-order valence-electron chi connectivity index (χ2n) is 7.45. The lowest BCUT2D eigenvalue weighted by Crippen LogP contribution is -2.53. The third-order valence-corrected chi connectivity index (χ3v) is 5.32. The molecule has 3 atom stereocenters. The van der Waals surface area contributed by atoms with Crippen LogP contribution < -0.4 is 10.6 Å². The maximum absolute atomic E-state index is 12.8. The smallest absolute Gasteiger partial charge is 0.354 e. The van der Waals surface area contributed by atoms with E-state index in [1.165, 1.54) is 0 Å². The normalized spacial score (nSPS) is 31.1. The minimum absolute atomic E-state index is 0. The molecule has 0 aromatic rings. The third-order valence-electron chi connectivity index (χ3n) is 5.32. The average molecular weight is 357 g/mol. The summed E-state index contributed by atoms with van der Waals surface area (Å²) >= 11 is 0. The highest BCUT2D eigenvalue weighted by atomic mass is 35.5. The van der Waals surface area contributed by atoms with Gasteiger partial charge in [0.2, 0.25) is 5.91 Å². The predicted molar refractivity (Wildman–Crippen MR) is 86.6 cm³/mol. The maximum Gasteiger partial charge on any atom is 0.391 e. The van der Waals surface area contributed by atoms with Gasteiger partial charge in [0.15, 0.2) is 0 Å². The van der Waals surface area contributed by atoms with Crippen LogP contribution >= 0.6 is 12.4 Å². The molecule has 0 spiro atoms. The standard InChI is InChI=1S/C16H27F3N2O.ClH/c1-15(2)7-4-8-20-13(15)10-21-14(22)11-5-3-6-12(9-11)16(17,18)19;/h11-13,20H,3-10H2,1-2H3,(H,21,22);1H. The molecule has 1 heterocycles. The van der Waals surface area contributed by atoms with E-state index in [1.54, 1.807) is 0 Å². The Hall–Kier alpha value is -0.490. The molecule has 0 radical (unpaired) electrons. The van der Waals surface area contributed by atoms with E-state index in [0.29, 0.717) is 19.4 Å². The topological polar surface area (TPSA) is 41.1 Å². The van der Waals surface area contributed by atoms with Crippen molar-refractivity contribution in [1.29, 1.82) is 0 Å². The van der Waals surface area contributed by atoms with Gasteiger partial charge in [-0.05, 0) is 44.1 Å². The first-order chi connectivity index (χ1) is 10.2. The van der Waals surface area contributed by atoms with Crippen molar-refractivity contribution in [3.63, 3.8) is 0 Å². The van der Waals surface area contributed by atoms with Gasteiger partial charge in [-0.15, -0.1) is 12.4 Å². The summed E-state index contributed by atoms with van der Waals surface area (Å²) < 4.78 is 38.4. The number of hydrogen-bond donors (Lipinski definition) is 2. The Morgan fingerprint density at radius 2 is 1.96 bits per heavy atom. The molecular weight excluding hydrogens is 329 g/mol. The van der Waals surface area contributed by atoms with Crippen molar-refractivity contribution in [1.82, 2.24) is 10.6 Å². The fourth-order valence-corrected chi connectivity index (χ4v) is 3.69. The molecule has 0 bridgehead atoms. The van der Waals surface area contributed by atoms with Crippen molar-refractivity contribution in [2.45, 2.75) is 64.6 Å². The molecule has 2 N–H and O–H groups in total. The van der Waals surface area contributed by atoms with Crippen LogP contribution in [-0.2, 0) is 4.79 Å². The zero-order chi connectivity index (χ0) is 16.4. The molecule has 136 valence electrons. The molecule has 1 amide bonds. The minimum atomic E-state index is -4.17. The molecular formula is C16H28ClF3N2O. The molecule has 1 saturated heterocycles. The number of amides is 1. The Morgan fingerprint density at radius 1 is 1.26 bits per heavy atom. The number of hydrogen-bond acceptors (Lipinski definition) is 2. The van der Waals surface area contributed by atoms with E-state index in [1.807, 2.05) is 0 Å². The van der Waals surface area contributed by atoms with Crippen molar-refractivity contribution >= 4 is 18.3 Å². The van der Waals surface area contributed by atoms with Gasteiger partial charge in [0.1, 0.15) is 0 Å². The number of carbonyl (C=O) groups excluding carboxylic acids is 1. The Kier molecular flexibility index (Phi) is 7.20.